The van der Waals surface area contributed by atoms with Gasteiger partial charge >= 0.3 is 11.9 Å². The maximum absolute atomic E-state index is 13.0. The van der Waals surface area contributed by atoms with Crippen molar-refractivity contribution in [2.24, 2.45) is 10.2 Å². The number of hydrogen-bond donors (Lipinski definition) is 3. The zero-order valence-corrected chi connectivity index (χ0v) is 18.5. The quantitative estimate of drug-likeness (QED) is 0.610. The van der Waals surface area contributed by atoms with Gasteiger partial charge in [0.1, 0.15) is 5.75 Å². The minimum absolute atomic E-state index is 0.0262. The van der Waals surface area contributed by atoms with Crippen LogP contribution in [0.3, 0.4) is 0 Å². The molecule has 0 fully saturated rings. The number of carboxylic acid groups (broad SMARTS) is 1. The highest BCUT2D eigenvalue weighted by molar-refractivity contribution is 6.71. The first-order valence-electron chi connectivity index (χ1n) is 10.4. The Balaban J connectivity index is 1.61. The zero-order chi connectivity index (χ0) is 23.8. The Bertz CT molecular complexity index is 1270. The number of para-hydroxylation sites is 1. The van der Waals surface area contributed by atoms with E-state index in [0.29, 0.717) is 22.5 Å². The monoisotopic (exact) mass is 444 g/mol. The van der Waals surface area contributed by atoms with Crippen LogP contribution in [0.1, 0.15) is 30.0 Å². The Morgan fingerprint density at radius 1 is 1.15 bits per heavy atom. The number of carbonyl (C=O) groups is 2. The lowest BCUT2D eigenvalue weighted by Gasteiger charge is -2.29. The fraction of sp³-hybridized carbons (Fsp3) is 0.200. The molecule has 1 aliphatic heterocycles. The number of aromatic hydroxyl groups is 1. The first-order chi connectivity index (χ1) is 15.7. The maximum Gasteiger partial charge on any atom is 0.335 e. The number of nitrogens with one attached hydrogen (secondary N) is 1. The number of benzene rings is 2. The lowest BCUT2D eigenvalue weighted by atomic mass is 9.84. The van der Waals surface area contributed by atoms with Crippen molar-refractivity contribution < 1.29 is 19.8 Å². The number of phenols is 1. The third-order valence-electron chi connectivity index (χ3n) is 5.87. The average Bonchev–Trinajstić information content (AvgIpc) is 3.08. The molecule has 1 amide bonds. The van der Waals surface area contributed by atoms with Gasteiger partial charge in [-0.1, -0.05) is 36.4 Å². The van der Waals surface area contributed by atoms with Crippen LogP contribution in [-0.2, 0) is 9.59 Å². The Morgan fingerprint density at radius 3 is 2.61 bits per heavy atom. The van der Waals surface area contributed by atoms with Gasteiger partial charge in [0.25, 0.3) is 0 Å². The van der Waals surface area contributed by atoms with Crippen LogP contribution in [0.2, 0.25) is 0 Å². The SMILES string of the molecule is CC1=NN(c2ccc(C)c(C)c2)C(=O)C1=NNC1(C(=O)O)C=CC=C(c2ccccc2O)C1. The molecule has 0 saturated heterocycles. The van der Waals surface area contributed by atoms with Gasteiger partial charge in [-0.05, 0) is 61.7 Å². The van der Waals surface area contributed by atoms with Gasteiger partial charge in [-0.15, -0.1) is 0 Å². The summed E-state index contributed by atoms with van der Waals surface area (Å²) >= 11 is 0. The van der Waals surface area contributed by atoms with Crippen molar-refractivity contribution in [3.05, 3.63) is 77.4 Å². The van der Waals surface area contributed by atoms with Crippen LogP contribution in [0.15, 0.2) is 70.9 Å². The van der Waals surface area contributed by atoms with Gasteiger partial charge in [-0.3, -0.25) is 10.2 Å². The molecule has 2 aromatic rings. The van der Waals surface area contributed by atoms with E-state index in [1.807, 2.05) is 26.0 Å². The fourth-order valence-electron chi connectivity index (χ4n) is 3.76. The second kappa shape index (κ2) is 8.38. The highest BCUT2D eigenvalue weighted by Crippen LogP contribution is 2.34. The molecule has 0 radical (unpaired) electrons. The van der Waals surface area contributed by atoms with Gasteiger partial charge in [-0.25, -0.2) is 4.79 Å². The number of aliphatic carboxylic acids is 1. The summed E-state index contributed by atoms with van der Waals surface area (Å²) in [5.74, 6) is -1.54. The second-order valence-corrected chi connectivity index (χ2v) is 8.16. The Hall–Kier alpha value is -4.20. The largest absolute Gasteiger partial charge is 0.507 e. The molecule has 4 rings (SSSR count). The Labute approximate surface area is 191 Å². The van der Waals surface area contributed by atoms with Gasteiger partial charge in [0.15, 0.2) is 11.3 Å². The summed E-state index contributed by atoms with van der Waals surface area (Å²) in [6.45, 7) is 5.59. The first-order valence-corrected chi connectivity index (χ1v) is 10.4. The number of carboxylic acids is 1. The van der Waals surface area contributed by atoms with Crippen molar-refractivity contribution in [3.63, 3.8) is 0 Å². The zero-order valence-electron chi connectivity index (χ0n) is 18.5. The molecular weight excluding hydrogens is 420 g/mol. The molecule has 1 unspecified atom stereocenters. The summed E-state index contributed by atoms with van der Waals surface area (Å²) in [6.07, 6.45) is 4.86. The standard InChI is InChI=1S/C25H24N4O4/c1-15-10-11-19(13-16(15)2)29-23(31)22(17(3)27-29)26-28-25(24(32)33)12-6-7-18(14-25)20-8-4-5-9-21(20)30/h4-13,28,30H,14H2,1-3H3,(H,32,33). The number of hydrogen-bond acceptors (Lipinski definition) is 6. The minimum atomic E-state index is -1.59. The van der Waals surface area contributed by atoms with Crippen molar-refractivity contribution in [1.29, 1.82) is 0 Å². The summed E-state index contributed by atoms with van der Waals surface area (Å²) in [5.41, 5.74) is 5.44. The molecular formula is C25H24N4O4. The van der Waals surface area contributed by atoms with Crippen LogP contribution in [-0.4, -0.2) is 39.1 Å². The molecule has 2 aromatic carbocycles. The molecule has 2 aliphatic rings. The number of carbonyl (C=O) groups excluding carboxylic acids is 1. The van der Waals surface area contributed by atoms with E-state index >= 15 is 0 Å². The van der Waals surface area contributed by atoms with Crippen LogP contribution >= 0.6 is 0 Å². The van der Waals surface area contributed by atoms with Crippen LogP contribution in [0.25, 0.3) is 5.57 Å². The molecule has 33 heavy (non-hydrogen) atoms. The predicted molar refractivity (Wildman–Crippen MR) is 127 cm³/mol. The number of allylic oxidation sites excluding steroid dienone is 2. The van der Waals surface area contributed by atoms with Crippen LogP contribution in [0.4, 0.5) is 5.69 Å². The molecule has 1 heterocycles. The molecule has 0 spiro atoms. The van der Waals surface area contributed by atoms with Crippen molar-refractivity contribution in [3.8, 4) is 5.75 Å². The van der Waals surface area contributed by atoms with Crippen molar-refractivity contribution in [1.82, 2.24) is 5.43 Å². The lowest BCUT2D eigenvalue weighted by molar-refractivity contribution is -0.142. The van der Waals surface area contributed by atoms with Gasteiger partial charge in [-0.2, -0.15) is 15.2 Å². The van der Waals surface area contributed by atoms with E-state index in [1.165, 1.54) is 11.1 Å². The summed E-state index contributed by atoms with van der Waals surface area (Å²) in [5, 5.41) is 30.0. The number of nitrogens with zero attached hydrogens (tertiary/aromatic N) is 3. The Kier molecular flexibility index (Phi) is 5.59. The Morgan fingerprint density at radius 2 is 1.91 bits per heavy atom. The van der Waals surface area contributed by atoms with Gasteiger partial charge in [0, 0.05) is 12.0 Å². The van der Waals surface area contributed by atoms with E-state index < -0.39 is 17.4 Å². The van der Waals surface area contributed by atoms with E-state index in [9.17, 15) is 19.8 Å². The average molecular weight is 444 g/mol. The molecule has 8 heteroatoms. The number of amides is 1. The molecule has 0 aromatic heterocycles. The number of anilines is 1. The van der Waals surface area contributed by atoms with Crippen molar-refractivity contribution in [2.45, 2.75) is 32.7 Å². The van der Waals surface area contributed by atoms with Crippen LogP contribution in [0.5, 0.6) is 5.75 Å². The van der Waals surface area contributed by atoms with E-state index in [1.54, 1.807) is 49.4 Å². The lowest BCUT2D eigenvalue weighted by Crippen LogP contribution is -2.50. The number of aryl methyl sites for hydroxylation is 2. The molecule has 0 saturated carbocycles. The highest BCUT2D eigenvalue weighted by atomic mass is 16.4. The maximum atomic E-state index is 13.0. The molecule has 1 atom stereocenters. The van der Waals surface area contributed by atoms with Crippen molar-refractivity contribution >= 4 is 34.6 Å². The number of rotatable bonds is 5. The molecule has 168 valence electrons. The summed E-state index contributed by atoms with van der Waals surface area (Å²) in [4.78, 5) is 25.3. The van der Waals surface area contributed by atoms with Crippen LogP contribution in [0, 0.1) is 13.8 Å². The normalized spacial score (nSPS) is 21.2. The van der Waals surface area contributed by atoms with E-state index in [4.69, 9.17) is 0 Å². The fourth-order valence-corrected chi connectivity index (χ4v) is 3.76. The molecule has 0 bridgehead atoms. The smallest absolute Gasteiger partial charge is 0.335 e. The predicted octanol–water partition coefficient (Wildman–Crippen LogP) is 3.54. The third kappa shape index (κ3) is 4.03. The van der Waals surface area contributed by atoms with Gasteiger partial charge < -0.3 is 10.2 Å². The van der Waals surface area contributed by atoms with Gasteiger partial charge in [0.2, 0.25) is 0 Å². The molecule has 3 N–H and O–H groups in total. The van der Waals surface area contributed by atoms with Crippen LogP contribution < -0.4 is 10.4 Å². The number of phenolic OH excluding ortho intramolecular Hbond substituents is 1. The summed E-state index contributed by atoms with van der Waals surface area (Å²) in [6, 6.07) is 12.3. The van der Waals surface area contributed by atoms with Crippen molar-refractivity contribution in [2.75, 3.05) is 5.01 Å². The summed E-state index contributed by atoms with van der Waals surface area (Å²) < 4.78 is 0. The molecule has 8 nitrogen and oxygen atoms in total. The highest BCUT2D eigenvalue weighted by Gasteiger charge is 2.40. The van der Waals surface area contributed by atoms with E-state index in [2.05, 4.69) is 15.6 Å². The minimum Gasteiger partial charge on any atom is -0.507 e. The molecule has 1 aliphatic carbocycles. The van der Waals surface area contributed by atoms with Gasteiger partial charge in [0.05, 0.1) is 11.4 Å². The topological polar surface area (TPSA) is 115 Å². The second-order valence-electron chi connectivity index (χ2n) is 8.16. The van der Waals surface area contributed by atoms with E-state index in [0.717, 1.165) is 11.1 Å². The first kappa shape index (κ1) is 22.0. The third-order valence-corrected chi connectivity index (χ3v) is 5.87. The summed E-state index contributed by atoms with van der Waals surface area (Å²) in [7, 11) is 0. The van der Waals surface area contributed by atoms with E-state index in [-0.39, 0.29) is 17.9 Å². The number of hydrazone groups is 2.